The normalized spacial score (nSPS) is 12.5. The van der Waals surface area contributed by atoms with Crippen molar-refractivity contribution in [2.45, 2.75) is 25.3 Å². The van der Waals surface area contributed by atoms with Crippen LogP contribution in [0.5, 0.6) is 11.5 Å². The highest BCUT2D eigenvalue weighted by Gasteiger charge is 2.22. The standard InChI is InChI=1S/C19H25N3O10P2/c20-12-2-1-3-17(19(24)21-14-6-10-16(11-7-14)32-34(28,29)30)22-18(23)13-4-8-15(9-5-13)31-33(25,26)27/h4-11,17H,1-3,12,20H2,(H,21,24)(H,22,23)(H2,25,26,27)(H2,28,29,30)/p+1. The molecule has 0 aliphatic carbocycles. The number of carbonyl (C=O) groups is 2. The number of quaternary nitrogens is 1. The van der Waals surface area contributed by atoms with E-state index in [4.69, 9.17) is 19.6 Å². The average molecular weight is 518 g/mol. The van der Waals surface area contributed by atoms with Crippen molar-refractivity contribution in [3.63, 3.8) is 0 Å². The summed E-state index contributed by atoms with van der Waals surface area (Å²) in [7, 11) is -9.44. The van der Waals surface area contributed by atoms with Crippen molar-refractivity contribution in [1.29, 1.82) is 0 Å². The van der Waals surface area contributed by atoms with Gasteiger partial charge in [-0.25, -0.2) is 9.13 Å². The third kappa shape index (κ3) is 10.0. The molecule has 2 aromatic rings. The van der Waals surface area contributed by atoms with Crippen LogP contribution in [0.1, 0.15) is 29.6 Å². The van der Waals surface area contributed by atoms with E-state index in [1.54, 1.807) is 0 Å². The third-order valence-corrected chi connectivity index (χ3v) is 5.20. The van der Waals surface area contributed by atoms with Crippen LogP contribution in [0.4, 0.5) is 5.69 Å². The minimum atomic E-state index is -4.73. The Bertz CT molecular complexity index is 1070. The van der Waals surface area contributed by atoms with E-state index in [0.29, 0.717) is 25.1 Å². The van der Waals surface area contributed by atoms with Gasteiger partial charge in [0.1, 0.15) is 17.5 Å². The van der Waals surface area contributed by atoms with Gasteiger partial charge in [0.2, 0.25) is 5.91 Å². The fourth-order valence-electron chi connectivity index (χ4n) is 2.81. The quantitative estimate of drug-likeness (QED) is 0.155. The van der Waals surface area contributed by atoms with E-state index in [1.807, 2.05) is 0 Å². The van der Waals surface area contributed by atoms with Crippen molar-refractivity contribution in [3.05, 3.63) is 54.1 Å². The molecule has 13 nitrogen and oxygen atoms in total. The summed E-state index contributed by atoms with van der Waals surface area (Å²) in [4.78, 5) is 60.8. The fourth-order valence-corrected chi connectivity index (χ4v) is 3.60. The van der Waals surface area contributed by atoms with Gasteiger partial charge < -0.3 is 25.4 Å². The van der Waals surface area contributed by atoms with E-state index in [1.165, 1.54) is 48.5 Å². The lowest BCUT2D eigenvalue weighted by Gasteiger charge is -2.19. The molecule has 9 N–H and O–H groups in total. The first-order valence-electron chi connectivity index (χ1n) is 9.98. The molecular weight excluding hydrogens is 492 g/mol. The van der Waals surface area contributed by atoms with Gasteiger partial charge >= 0.3 is 15.6 Å². The average Bonchev–Trinajstić information content (AvgIpc) is 2.72. The summed E-state index contributed by atoms with van der Waals surface area (Å²) in [6.45, 7) is 0.657. The monoisotopic (exact) mass is 518 g/mol. The molecule has 186 valence electrons. The smallest absolute Gasteiger partial charge is 0.404 e. The molecule has 0 heterocycles. The first-order chi connectivity index (χ1) is 15.9. The number of amides is 2. The van der Waals surface area contributed by atoms with Gasteiger partial charge in [-0.3, -0.25) is 29.2 Å². The summed E-state index contributed by atoms with van der Waals surface area (Å²) in [6, 6.07) is 9.43. The first-order valence-corrected chi connectivity index (χ1v) is 13.0. The number of hydrogen-bond donors (Lipinski definition) is 7. The Balaban J connectivity index is 2.07. The van der Waals surface area contributed by atoms with E-state index in [2.05, 4.69) is 25.4 Å². The van der Waals surface area contributed by atoms with Crippen LogP contribution in [-0.4, -0.2) is 44.0 Å². The van der Waals surface area contributed by atoms with E-state index in [-0.39, 0.29) is 17.1 Å². The van der Waals surface area contributed by atoms with Gasteiger partial charge in [-0.15, -0.1) is 0 Å². The highest BCUT2D eigenvalue weighted by molar-refractivity contribution is 7.47. The SMILES string of the molecule is [NH3+]CCCCC(NC(=O)c1ccc(OP(=O)(O)O)cc1)C(=O)Nc1ccc(OP(=O)(O)O)cc1. The van der Waals surface area contributed by atoms with Crippen molar-refractivity contribution in [2.75, 3.05) is 11.9 Å². The van der Waals surface area contributed by atoms with Gasteiger partial charge in [-0.2, -0.15) is 0 Å². The third-order valence-electron chi connectivity index (χ3n) is 4.30. The van der Waals surface area contributed by atoms with Crippen LogP contribution in [0.25, 0.3) is 0 Å². The minimum Gasteiger partial charge on any atom is -0.404 e. The lowest BCUT2D eigenvalue weighted by atomic mass is 10.1. The number of nitrogens with one attached hydrogen (secondary N) is 2. The van der Waals surface area contributed by atoms with Crippen LogP contribution in [0.3, 0.4) is 0 Å². The zero-order valence-corrected chi connectivity index (χ0v) is 19.7. The topological polar surface area (TPSA) is 219 Å². The number of benzene rings is 2. The summed E-state index contributed by atoms with van der Waals surface area (Å²) < 4.78 is 30.7. The van der Waals surface area contributed by atoms with Crippen LogP contribution < -0.4 is 25.4 Å². The molecule has 0 spiro atoms. The van der Waals surface area contributed by atoms with Crippen molar-refractivity contribution in [1.82, 2.24) is 5.32 Å². The van der Waals surface area contributed by atoms with E-state index in [9.17, 15) is 18.7 Å². The largest absolute Gasteiger partial charge is 0.524 e. The number of anilines is 1. The van der Waals surface area contributed by atoms with Crippen LogP contribution in [0.2, 0.25) is 0 Å². The Morgan fingerprint density at radius 2 is 1.35 bits per heavy atom. The molecular formula is C19H26N3O10P2+. The van der Waals surface area contributed by atoms with Crippen molar-refractivity contribution >= 4 is 33.1 Å². The molecule has 0 saturated carbocycles. The Morgan fingerprint density at radius 1 is 0.853 bits per heavy atom. The summed E-state index contributed by atoms with van der Waals surface area (Å²) in [5, 5.41) is 5.25. The second kappa shape index (κ2) is 12.1. The number of hydrogen-bond acceptors (Lipinski definition) is 6. The fraction of sp³-hybridized carbons (Fsp3) is 0.263. The number of carbonyl (C=O) groups excluding carboxylic acids is 2. The highest BCUT2D eigenvalue weighted by atomic mass is 31.2. The van der Waals surface area contributed by atoms with Crippen LogP contribution >= 0.6 is 15.6 Å². The molecule has 0 radical (unpaired) electrons. The van der Waals surface area contributed by atoms with E-state index >= 15 is 0 Å². The Labute approximate surface area is 194 Å². The molecule has 0 fully saturated rings. The predicted octanol–water partition coefficient (Wildman–Crippen LogP) is 0.779. The van der Waals surface area contributed by atoms with E-state index in [0.717, 1.165) is 6.42 Å². The van der Waals surface area contributed by atoms with Crippen molar-refractivity contribution in [3.8, 4) is 11.5 Å². The molecule has 0 bridgehead atoms. The molecule has 0 aromatic heterocycles. The molecule has 2 aromatic carbocycles. The van der Waals surface area contributed by atoms with Gasteiger partial charge in [0.15, 0.2) is 0 Å². The highest BCUT2D eigenvalue weighted by Crippen LogP contribution is 2.38. The molecule has 0 aliphatic heterocycles. The summed E-state index contributed by atoms with van der Waals surface area (Å²) >= 11 is 0. The summed E-state index contributed by atoms with van der Waals surface area (Å²) in [5.41, 5.74) is 4.21. The lowest BCUT2D eigenvalue weighted by molar-refractivity contribution is -0.368. The maximum atomic E-state index is 12.8. The zero-order valence-electron chi connectivity index (χ0n) is 17.9. The minimum absolute atomic E-state index is 0.0854. The predicted molar refractivity (Wildman–Crippen MR) is 120 cm³/mol. The lowest BCUT2D eigenvalue weighted by Crippen LogP contribution is -2.50. The molecule has 34 heavy (non-hydrogen) atoms. The second-order valence-corrected chi connectivity index (χ2v) is 9.40. The van der Waals surface area contributed by atoms with Gasteiger partial charge in [0.05, 0.1) is 6.54 Å². The van der Waals surface area contributed by atoms with Gasteiger partial charge in [0, 0.05) is 11.3 Å². The number of phosphoric acid groups is 2. The molecule has 2 rings (SSSR count). The van der Waals surface area contributed by atoms with E-state index < -0.39 is 33.5 Å². The van der Waals surface area contributed by atoms with Crippen LogP contribution in [-0.2, 0) is 13.9 Å². The number of rotatable bonds is 12. The maximum absolute atomic E-state index is 12.8. The van der Waals surface area contributed by atoms with Crippen molar-refractivity contribution in [2.24, 2.45) is 0 Å². The number of phosphoric ester groups is 2. The molecule has 0 aliphatic rings. The molecule has 0 saturated heterocycles. The van der Waals surface area contributed by atoms with Gasteiger partial charge in [0.25, 0.3) is 5.91 Å². The molecule has 15 heteroatoms. The molecule has 1 unspecified atom stereocenters. The maximum Gasteiger partial charge on any atom is 0.524 e. The molecule has 2 amide bonds. The number of unbranched alkanes of at least 4 members (excludes halogenated alkanes) is 1. The zero-order chi connectivity index (χ0) is 25.4. The second-order valence-electron chi connectivity index (χ2n) is 7.08. The van der Waals surface area contributed by atoms with Crippen LogP contribution in [0, 0.1) is 0 Å². The van der Waals surface area contributed by atoms with Gasteiger partial charge in [-0.1, -0.05) is 0 Å². The first kappa shape index (κ1) is 27.5. The summed E-state index contributed by atoms with van der Waals surface area (Å²) in [5.74, 6) is -1.30. The Kier molecular flexibility index (Phi) is 9.77. The van der Waals surface area contributed by atoms with Crippen molar-refractivity contribution < 1.29 is 53.1 Å². The van der Waals surface area contributed by atoms with Crippen LogP contribution in [0.15, 0.2) is 48.5 Å². The van der Waals surface area contributed by atoms with Gasteiger partial charge in [-0.05, 0) is 67.8 Å². The Morgan fingerprint density at radius 3 is 1.82 bits per heavy atom. The molecule has 1 atom stereocenters. The Hall–Kier alpha value is -2.76. The summed E-state index contributed by atoms with van der Waals surface area (Å²) in [6.07, 6.45) is 1.68.